The number of imidazole rings is 1. The highest BCUT2D eigenvalue weighted by Gasteiger charge is 2.51. The van der Waals surface area contributed by atoms with E-state index in [0.717, 1.165) is 72.0 Å². The molecule has 302 valence electrons. The van der Waals surface area contributed by atoms with Crippen LogP contribution in [-0.2, 0) is 0 Å². The van der Waals surface area contributed by atoms with Gasteiger partial charge in [0.05, 0.1) is 16.6 Å². The molecule has 0 spiro atoms. The van der Waals surface area contributed by atoms with Crippen LogP contribution in [0.2, 0.25) is 0 Å². The van der Waals surface area contributed by atoms with Gasteiger partial charge in [0, 0.05) is 62.4 Å². The first-order valence-electron chi connectivity index (χ1n) is 21.7. The Kier molecular flexibility index (Phi) is 8.10. The first kappa shape index (κ1) is 36.5. The van der Waals surface area contributed by atoms with Gasteiger partial charge in [-0.1, -0.05) is 158 Å². The van der Waals surface area contributed by atoms with Crippen molar-refractivity contribution in [3.63, 3.8) is 0 Å². The molecule has 4 aromatic heterocycles. The fraction of sp³-hybridized carbons (Fsp3) is 0.0175. The highest BCUT2D eigenvalue weighted by Crippen LogP contribution is 2.43. The number of rotatable bonds is 6. The first-order valence-corrected chi connectivity index (χ1v) is 23.7. The monoisotopic (exact) mass is 839 g/mol. The number of halogens is 1. The number of benzene rings is 8. The fourth-order valence-electron chi connectivity index (χ4n) is 10.7. The summed E-state index contributed by atoms with van der Waals surface area (Å²) in [4.78, 5) is 12.6. The number of aromatic nitrogens is 4. The van der Waals surface area contributed by atoms with E-state index in [1.807, 2.05) is 60.9 Å². The summed E-state index contributed by atoms with van der Waals surface area (Å²) in [5, 5.41) is 10.3. The van der Waals surface area contributed by atoms with Crippen molar-refractivity contribution < 1.29 is 4.39 Å². The molecule has 64 heavy (non-hydrogen) atoms. The maximum atomic E-state index is 17.4. The van der Waals surface area contributed by atoms with E-state index in [0.29, 0.717) is 11.1 Å². The third-order valence-electron chi connectivity index (χ3n) is 13.3. The minimum absolute atomic E-state index is 0.565. The van der Waals surface area contributed by atoms with Crippen molar-refractivity contribution in [1.29, 1.82) is 0 Å². The maximum absolute atomic E-state index is 17.4. The zero-order chi connectivity index (χ0) is 42.4. The van der Waals surface area contributed by atoms with Gasteiger partial charge in [0.2, 0.25) is 0 Å². The number of nitrogens with zero attached hydrogens (tertiary/aromatic N) is 5. The number of hydrogen-bond acceptors (Lipinski definition) is 3. The van der Waals surface area contributed by atoms with E-state index in [9.17, 15) is 0 Å². The molecule has 1 unspecified atom stereocenters. The van der Waals surface area contributed by atoms with E-state index < -0.39 is 14.2 Å². The van der Waals surface area contributed by atoms with Crippen molar-refractivity contribution in [3.8, 4) is 5.69 Å². The van der Waals surface area contributed by atoms with Gasteiger partial charge in [-0.05, 0) is 80.6 Å². The molecule has 0 amide bonds. The molecule has 0 saturated carbocycles. The van der Waals surface area contributed by atoms with Crippen molar-refractivity contribution in [2.45, 2.75) is 6.17 Å². The quantitative estimate of drug-likeness (QED) is 0.124. The molecule has 0 N–H and O–H groups in total. The van der Waals surface area contributed by atoms with Crippen molar-refractivity contribution >= 4 is 95.1 Å². The van der Waals surface area contributed by atoms with Gasteiger partial charge in [0.25, 0.3) is 0 Å². The third-order valence-corrected chi connectivity index (χ3v) is 18.2. The summed E-state index contributed by atoms with van der Waals surface area (Å²) in [7, 11) is -3.20. The lowest BCUT2D eigenvalue weighted by atomic mass is 9.97. The zero-order valence-corrected chi connectivity index (χ0v) is 35.6. The Labute approximate surface area is 369 Å². The maximum Gasteiger partial charge on any atom is 0.188 e. The van der Waals surface area contributed by atoms with E-state index >= 15 is 4.39 Å². The molecule has 1 aliphatic rings. The largest absolute Gasteiger partial charge is 0.309 e. The molecule has 0 bridgehead atoms. The standard InChI is InChI=1S/C57H38FN5Si/c58-53(39-31-32-44-45-25-10-12-27-49(45)61-34-33-59-56(61)47(44)36-39)38-17-16-20-41(35-38)63-51-29-14-15-30-52(51)64(42-21-6-2-7-22-42,43-23-8-3-9-24-43)55-54-48(37-60-57(55)63)46-26-11-13-28-50(46)62(54)40-18-4-1-5-19-40/h1-37,53H. The van der Waals surface area contributed by atoms with Crippen LogP contribution in [0.1, 0.15) is 17.3 Å². The number of anilines is 3. The molecular weight excluding hydrogens is 802 g/mol. The van der Waals surface area contributed by atoms with Crippen molar-refractivity contribution in [2.24, 2.45) is 0 Å². The van der Waals surface area contributed by atoms with Gasteiger partial charge in [-0.25, -0.2) is 14.4 Å². The van der Waals surface area contributed by atoms with Crippen LogP contribution in [-0.4, -0.2) is 27.0 Å². The van der Waals surface area contributed by atoms with Gasteiger partial charge in [0.15, 0.2) is 14.2 Å². The van der Waals surface area contributed by atoms with E-state index in [4.69, 9.17) is 9.97 Å². The Morgan fingerprint density at radius 1 is 0.484 bits per heavy atom. The van der Waals surface area contributed by atoms with Crippen LogP contribution < -0.4 is 25.6 Å². The molecule has 5 heterocycles. The molecule has 0 saturated heterocycles. The lowest BCUT2D eigenvalue weighted by Crippen LogP contribution is -2.77. The van der Waals surface area contributed by atoms with Gasteiger partial charge >= 0.3 is 0 Å². The predicted molar refractivity (Wildman–Crippen MR) is 264 cm³/mol. The lowest BCUT2D eigenvalue weighted by Gasteiger charge is -2.44. The van der Waals surface area contributed by atoms with Gasteiger partial charge < -0.3 is 4.57 Å². The van der Waals surface area contributed by atoms with Crippen LogP contribution >= 0.6 is 0 Å². The van der Waals surface area contributed by atoms with E-state index in [-0.39, 0.29) is 0 Å². The summed E-state index contributed by atoms with van der Waals surface area (Å²) in [5.74, 6) is 0.845. The van der Waals surface area contributed by atoms with Crippen molar-refractivity contribution in [2.75, 3.05) is 4.90 Å². The van der Waals surface area contributed by atoms with Gasteiger partial charge in [-0.3, -0.25) is 9.30 Å². The van der Waals surface area contributed by atoms with E-state index in [2.05, 4.69) is 178 Å². The molecule has 12 aromatic rings. The molecule has 7 heteroatoms. The first-order chi connectivity index (χ1) is 31.7. The summed E-state index contributed by atoms with van der Waals surface area (Å²) < 4.78 is 22.0. The highest BCUT2D eigenvalue weighted by molar-refractivity contribution is 7.22. The topological polar surface area (TPSA) is 38.4 Å². The summed E-state index contributed by atoms with van der Waals surface area (Å²) in [6.07, 6.45) is 4.45. The minimum Gasteiger partial charge on any atom is -0.309 e. The van der Waals surface area contributed by atoms with Gasteiger partial charge in [0.1, 0.15) is 11.5 Å². The summed E-state index contributed by atoms with van der Waals surface area (Å²) in [5.41, 5.74) is 8.24. The van der Waals surface area contributed by atoms with Gasteiger partial charge in [-0.2, -0.15) is 0 Å². The molecule has 8 aromatic carbocycles. The molecule has 13 rings (SSSR count). The van der Waals surface area contributed by atoms with Crippen LogP contribution in [0, 0.1) is 0 Å². The molecular formula is C57H38FN5Si. The van der Waals surface area contributed by atoms with Crippen LogP contribution in [0.25, 0.3) is 54.8 Å². The SMILES string of the molecule is FC(c1cccc(N2c3ccccc3[Si](c3ccccc3)(c3ccccc3)c3c2ncc2c4ccccc4n(-c4ccccc4)c32)c1)c1ccc2c3ccccc3n3ccnc3c2c1. The zero-order valence-electron chi connectivity index (χ0n) is 34.6. The van der Waals surface area contributed by atoms with Crippen LogP contribution in [0.4, 0.5) is 21.6 Å². The third kappa shape index (κ3) is 5.16. The number of pyridine rings is 2. The Bertz CT molecular complexity index is 3730. The lowest BCUT2D eigenvalue weighted by molar-refractivity contribution is 0.402. The minimum atomic E-state index is -3.20. The normalized spacial score (nSPS) is 13.7. The van der Waals surface area contributed by atoms with Crippen LogP contribution in [0.3, 0.4) is 0 Å². The summed E-state index contributed by atoms with van der Waals surface area (Å²) in [6, 6.07) is 72.5. The highest BCUT2D eigenvalue weighted by atomic mass is 28.3. The average molecular weight is 840 g/mol. The summed E-state index contributed by atoms with van der Waals surface area (Å²) in [6.45, 7) is 0. The number of hydrogen-bond donors (Lipinski definition) is 0. The van der Waals surface area contributed by atoms with Crippen LogP contribution in [0.15, 0.2) is 225 Å². The molecule has 0 fully saturated rings. The second kappa shape index (κ2) is 14.2. The van der Waals surface area contributed by atoms with Gasteiger partial charge in [-0.15, -0.1) is 0 Å². The fourth-order valence-corrected chi connectivity index (χ4v) is 15.9. The van der Waals surface area contributed by atoms with E-state index in [1.165, 1.54) is 20.7 Å². The summed E-state index contributed by atoms with van der Waals surface area (Å²) >= 11 is 0. The molecule has 1 atom stereocenters. The molecule has 1 aliphatic heterocycles. The molecule has 0 radical (unpaired) electrons. The number of fused-ring (bicyclic) bond motifs is 12. The Hall–Kier alpha value is -8.13. The second-order valence-electron chi connectivity index (χ2n) is 16.6. The second-order valence-corrected chi connectivity index (χ2v) is 20.3. The van der Waals surface area contributed by atoms with E-state index in [1.54, 1.807) is 0 Å². The van der Waals surface area contributed by atoms with Crippen LogP contribution in [0.5, 0.6) is 0 Å². The molecule has 5 nitrogen and oxygen atoms in total. The Morgan fingerprint density at radius 2 is 1.11 bits per heavy atom. The smallest absolute Gasteiger partial charge is 0.188 e. The average Bonchev–Trinajstić information content (AvgIpc) is 4.00. The number of para-hydroxylation sites is 4. The Morgan fingerprint density at radius 3 is 1.88 bits per heavy atom. The molecule has 0 aliphatic carbocycles. The van der Waals surface area contributed by atoms with Crippen molar-refractivity contribution in [1.82, 2.24) is 18.9 Å². The number of alkyl halides is 1. The Balaban J connectivity index is 1.09. The van der Waals surface area contributed by atoms with Crippen molar-refractivity contribution in [3.05, 3.63) is 236 Å². The predicted octanol–water partition coefficient (Wildman–Crippen LogP) is 11.4.